The van der Waals surface area contributed by atoms with E-state index in [0.29, 0.717) is 48.1 Å². The zero-order valence-electron chi connectivity index (χ0n) is 21.6. The fourth-order valence-electron chi connectivity index (χ4n) is 5.06. The Kier molecular flexibility index (Phi) is 9.70. The standard InChI is InChI=1S/C28H33ClFN3O4S/c1-36-19-4-3-5-21(16-19)38-15-14-33-12-10-28(11-13-33,27(34)32-35)9-8-24(30)26-22-17-20(37-2)6-7-25(22)31-18-23(26)29/h3-7,16-18,24,35H,8-15H2,1-2H3,(H,32,34). The van der Waals surface area contributed by atoms with E-state index in [-0.39, 0.29) is 17.9 Å². The van der Waals surface area contributed by atoms with E-state index in [0.717, 1.165) is 22.9 Å². The Morgan fingerprint density at radius 1 is 1.21 bits per heavy atom. The molecule has 0 aliphatic carbocycles. The molecular formula is C28H33ClFN3O4S. The summed E-state index contributed by atoms with van der Waals surface area (Å²) in [5, 5.41) is 10.3. The van der Waals surface area contributed by atoms with Crippen molar-refractivity contribution >= 4 is 40.2 Å². The van der Waals surface area contributed by atoms with Gasteiger partial charge in [0.25, 0.3) is 0 Å². The van der Waals surface area contributed by atoms with Crippen molar-refractivity contribution in [3.8, 4) is 11.5 Å². The molecule has 1 saturated heterocycles. The number of pyridine rings is 1. The Labute approximate surface area is 231 Å². The minimum Gasteiger partial charge on any atom is -0.497 e. The van der Waals surface area contributed by atoms with Crippen LogP contribution in [0, 0.1) is 5.41 Å². The summed E-state index contributed by atoms with van der Waals surface area (Å²) < 4.78 is 26.3. The van der Waals surface area contributed by atoms with Gasteiger partial charge in [-0.25, -0.2) is 9.87 Å². The number of fused-ring (bicyclic) bond motifs is 1. The van der Waals surface area contributed by atoms with Crippen LogP contribution in [-0.4, -0.2) is 60.6 Å². The maximum Gasteiger partial charge on any atom is 0.249 e. The first kappa shape index (κ1) is 28.4. The van der Waals surface area contributed by atoms with E-state index in [9.17, 15) is 10.0 Å². The number of piperidine rings is 1. The zero-order valence-corrected chi connectivity index (χ0v) is 23.2. The molecule has 0 radical (unpaired) electrons. The summed E-state index contributed by atoms with van der Waals surface area (Å²) in [4.78, 5) is 20.5. The minimum atomic E-state index is -1.40. The number of hydroxylamine groups is 1. The van der Waals surface area contributed by atoms with E-state index >= 15 is 4.39 Å². The number of nitrogens with zero attached hydrogens (tertiary/aromatic N) is 2. The molecule has 2 heterocycles. The fourth-order valence-corrected chi connectivity index (χ4v) is 6.29. The SMILES string of the molecule is COc1cccc(SCCN2CCC(CCC(F)c3c(Cl)cnc4ccc(OC)cc34)(C(=O)NO)CC2)c1. The van der Waals surface area contributed by atoms with E-state index in [2.05, 4.69) is 16.0 Å². The molecule has 204 valence electrons. The van der Waals surface area contributed by atoms with Crippen LogP contribution < -0.4 is 15.0 Å². The number of benzene rings is 2. The summed E-state index contributed by atoms with van der Waals surface area (Å²) in [6, 6.07) is 13.2. The van der Waals surface area contributed by atoms with Crippen LogP contribution in [0.4, 0.5) is 4.39 Å². The molecule has 0 saturated carbocycles. The second-order valence-electron chi connectivity index (χ2n) is 9.50. The predicted octanol–water partition coefficient (Wildman–Crippen LogP) is 6.08. The van der Waals surface area contributed by atoms with Crippen LogP contribution in [0.1, 0.15) is 37.4 Å². The van der Waals surface area contributed by atoms with Crippen LogP contribution in [0.3, 0.4) is 0 Å². The van der Waals surface area contributed by atoms with Gasteiger partial charge in [0.15, 0.2) is 0 Å². The van der Waals surface area contributed by atoms with Gasteiger partial charge in [0, 0.05) is 34.3 Å². The highest BCUT2D eigenvalue weighted by molar-refractivity contribution is 7.99. The van der Waals surface area contributed by atoms with Gasteiger partial charge in [0.05, 0.1) is 30.2 Å². The summed E-state index contributed by atoms with van der Waals surface area (Å²) in [6.45, 7) is 2.25. The van der Waals surface area contributed by atoms with Crippen molar-refractivity contribution in [1.29, 1.82) is 0 Å². The molecule has 0 spiro atoms. The van der Waals surface area contributed by atoms with Crippen LogP contribution in [0.2, 0.25) is 5.02 Å². The average molecular weight is 562 g/mol. The Balaban J connectivity index is 1.38. The lowest BCUT2D eigenvalue weighted by atomic mass is 9.73. The number of amides is 1. The van der Waals surface area contributed by atoms with Crippen molar-refractivity contribution in [1.82, 2.24) is 15.4 Å². The normalized spacial score (nSPS) is 16.2. The number of nitrogens with one attached hydrogen (secondary N) is 1. The lowest BCUT2D eigenvalue weighted by molar-refractivity contribution is -0.143. The van der Waals surface area contributed by atoms with Gasteiger partial charge in [-0.3, -0.25) is 15.0 Å². The smallest absolute Gasteiger partial charge is 0.249 e. The lowest BCUT2D eigenvalue weighted by Crippen LogP contribution is -2.48. The molecule has 3 aromatic rings. The van der Waals surface area contributed by atoms with E-state index in [1.807, 2.05) is 23.7 Å². The van der Waals surface area contributed by atoms with Crippen LogP contribution in [-0.2, 0) is 4.79 Å². The van der Waals surface area contributed by atoms with Gasteiger partial charge < -0.3 is 14.4 Å². The van der Waals surface area contributed by atoms with Gasteiger partial charge >= 0.3 is 0 Å². The summed E-state index contributed by atoms with van der Waals surface area (Å²) >= 11 is 8.14. The predicted molar refractivity (Wildman–Crippen MR) is 148 cm³/mol. The van der Waals surface area contributed by atoms with Crippen molar-refractivity contribution < 1.29 is 23.9 Å². The Bertz CT molecular complexity index is 1260. The zero-order chi connectivity index (χ0) is 27.1. The van der Waals surface area contributed by atoms with E-state index in [1.54, 1.807) is 44.2 Å². The van der Waals surface area contributed by atoms with Gasteiger partial charge in [-0.2, -0.15) is 0 Å². The molecule has 1 atom stereocenters. The van der Waals surface area contributed by atoms with Gasteiger partial charge in [-0.1, -0.05) is 17.7 Å². The Morgan fingerprint density at radius 2 is 1.95 bits per heavy atom. The molecule has 38 heavy (non-hydrogen) atoms. The summed E-state index contributed by atoms with van der Waals surface area (Å²) in [7, 11) is 3.20. The van der Waals surface area contributed by atoms with E-state index in [4.69, 9.17) is 21.1 Å². The number of methoxy groups -OCH3 is 2. The molecule has 2 N–H and O–H groups in total. The number of thioether (sulfide) groups is 1. The minimum absolute atomic E-state index is 0.0924. The van der Waals surface area contributed by atoms with Gasteiger partial charge in [0.1, 0.15) is 17.7 Å². The number of hydrogen-bond acceptors (Lipinski definition) is 7. The van der Waals surface area contributed by atoms with Crippen molar-refractivity contribution in [3.63, 3.8) is 0 Å². The largest absolute Gasteiger partial charge is 0.497 e. The third-order valence-corrected chi connectivity index (χ3v) is 8.65. The quantitative estimate of drug-likeness (QED) is 0.167. The molecule has 4 rings (SSSR count). The topological polar surface area (TPSA) is 83.9 Å². The molecule has 0 bridgehead atoms. The second-order valence-corrected chi connectivity index (χ2v) is 11.1. The molecule has 1 aliphatic rings. The first-order valence-corrected chi connectivity index (χ1v) is 14.0. The highest BCUT2D eigenvalue weighted by atomic mass is 35.5. The molecule has 1 unspecified atom stereocenters. The third-order valence-electron chi connectivity index (χ3n) is 7.37. The maximum atomic E-state index is 15.7. The number of aromatic nitrogens is 1. The summed E-state index contributed by atoms with van der Waals surface area (Å²) in [6.07, 6.45) is 1.51. The average Bonchev–Trinajstić information content (AvgIpc) is 2.96. The molecule has 10 heteroatoms. The molecule has 1 aromatic heterocycles. The van der Waals surface area contributed by atoms with Crippen molar-refractivity contribution in [2.75, 3.05) is 39.6 Å². The third kappa shape index (κ3) is 6.51. The van der Waals surface area contributed by atoms with Gasteiger partial charge in [-0.15, -0.1) is 11.8 Å². The Morgan fingerprint density at radius 3 is 2.66 bits per heavy atom. The van der Waals surface area contributed by atoms with Crippen LogP contribution >= 0.6 is 23.4 Å². The molecule has 1 fully saturated rings. The number of rotatable bonds is 11. The number of hydrogen-bond donors (Lipinski definition) is 2. The number of carbonyl (C=O) groups excluding carboxylic acids is 1. The lowest BCUT2D eigenvalue weighted by Gasteiger charge is -2.40. The Hall–Kier alpha value is -2.59. The highest BCUT2D eigenvalue weighted by Crippen LogP contribution is 2.42. The maximum absolute atomic E-state index is 15.7. The second kappa shape index (κ2) is 13.0. The van der Waals surface area contributed by atoms with E-state index < -0.39 is 17.5 Å². The monoisotopic (exact) mass is 561 g/mol. The first-order valence-electron chi connectivity index (χ1n) is 12.6. The number of carbonyl (C=O) groups is 1. The summed E-state index contributed by atoms with van der Waals surface area (Å²) in [5.41, 5.74) is 1.96. The molecule has 7 nitrogen and oxygen atoms in total. The highest BCUT2D eigenvalue weighted by Gasteiger charge is 2.41. The van der Waals surface area contributed by atoms with Crippen LogP contribution in [0.5, 0.6) is 11.5 Å². The number of likely N-dealkylation sites (tertiary alicyclic amines) is 1. The molecule has 1 aliphatic heterocycles. The molecule has 2 aromatic carbocycles. The van der Waals surface area contributed by atoms with Crippen LogP contribution in [0.15, 0.2) is 53.6 Å². The van der Waals surface area contributed by atoms with E-state index in [1.165, 1.54) is 6.20 Å². The number of ether oxygens (including phenoxy) is 2. The van der Waals surface area contributed by atoms with Crippen molar-refractivity contribution in [2.24, 2.45) is 5.41 Å². The van der Waals surface area contributed by atoms with Crippen molar-refractivity contribution in [3.05, 3.63) is 59.2 Å². The molecular weight excluding hydrogens is 529 g/mol. The van der Waals surface area contributed by atoms with Gasteiger partial charge in [-0.05, 0) is 75.2 Å². The number of halogens is 2. The first-order chi connectivity index (χ1) is 18.4. The van der Waals surface area contributed by atoms with Crippen molar-refractivity contribution in [2.45, 2.75) is 36.8 Å². The number of alkyl halides is 1. The summed E-state index contributed by atoms with van der Waals surface area (Å²) in [5.74, 6) is 1.86. The fraction of sp³-hybridized carbons (Fsp3) is 0.429. The molecule has 1 amide bonds. The van der Waals surface area contributed by atoms with Crippen LogP contribution in [0.25, 0.3) is 10.9 Å². The van der Waals surface area contributed by atoms with Gasteiger partial charge in [0.2, 0.25) is 5.91 Å².